The molecule has 0 aromatic heterocycles. The number of nitrogens with two attached hydrogens (primary N) is 1. The molecule has 3 aromatic carbocycles. The zero-order valence-electron chi connectivity index (χ0n) is 25.2. The van der Waals surface area contributed by atoms with Crippen LogP contribution in [0.15, 0.2) is 91.0 Å². The number of ether oxygens (including phenoxy) is 3. The molecule has 0 saturated carbocycles. The van der Waals surface area contributed by atoms with Gasteiger partial charge in [0.15, 0.2) is 0 Å². The molecule has 4 N–H and O–H groups in total. The van der Waals surface area contributed by atoms with Gasteiger partial charge in [0, 0.05) is 0 Å². The minimum Gasteiger partial charge on any atom is -0.459 e. The highest BCUT2D eigenvalue weighted by atomic mass is 16.6. The molecule has 0 aliphatic rings. The lowest BCUT2D eigenvalue weighted by Gasteiger charge is -2.27. The summed E-state index contributed by atoms with van der Waals surface area (Å²) in [6.07, 6.45) is 0.973. The second-order valence-corrected chi connectivity index (χ2v) is 10.2. The minimum absolute atomic E-state index is 0.00722. The Morgan fingerprint density at radius 1 is 0.591 bits per heavy atom. The van der Waals surface area contributed by atoms with Gasteiger partial charge in [-0.15, -0.1) is 0 Å². The normalized spacial score (nSPS) is 11.4. The van der Waals surface area contributed by atoms with E-state index in [1.165, 1.54) is 0 Å². The summed E-state index contributed by atoms with van der Waals surface area (Å²) in [6.45, 7) is 3.36. The fourth-order valence-electron chi connectivity index (χ4n) is 4.30. The molecule has 0 bridgehead atoms. The van der Waals surface area contributed by atoms with Crippen molar-refractivity contribution in [2.75, 3.05) is 32.7 Å². The summed E-state index contributed by atoms with van der Waals surface area (Å²) >= 11 is 0. The number of unbranched alkanes of at least 4 members (excludes halogenated alkanes) is 1. The average Bonchev–Trinajstić information content (AvgIpc) is 3.06. The summed E-state index contributed by atoms with van der Waals surface area (Å²) in [4.78, 5) is 41.1. The number of carbonyl (C=O) groups excluding carboxylic acids is 3. The van der Waals surface area contributed by atoms with E-state index in [1.807, 2.05) is 66.7 Å². The fraction of sp³-hybridized carbons (Fsp3) is 0.382. The van der Waals surface area contributed by atoms with Gasteiger partial charge in [0.1, 0.15) is 25.9 Å². The summed E-state index contributed by atoms with van der Waals surface area (Å²) in [5, 5.41) is 6.66. The average molecular weight is 605 g/mol. The van der Waals surface area contributed by atoms with E-state index in [0.29, 0.717) is 19.6 Å². The molecule has 0 aliphatic heterocycles. The van der Waals surface area contributed by atoms with E-state index in [4.69, 9.17) is 19.9 Å². The highest BCUT2D eigenvalue weighted by molar-refractivity contribution is 5.93. The van der Waals surface area contributed by atoms with Crippen LogP contribution in [0, 0.1) is 0 Å². The maximum absolute atomic E-state index is 13.5. The quantitative estimate of drug-likeness (QED) is 0.101. The molecule has 0 fully saturated rings. The van der Waals surface area contributed by atoms with Crippen LogP contribution in [0.2, 0.25) is 0 Å². The molecular weight excluding hydrogens is 560 g/mol. The zero-order valence-corrected chi connectivity index (χ0v) is 25.2. The summed E-state index contributed by atoms with van der Waals surface area (Å²) < 4.78 is 16.6. The number of imide groups is 1. The molecule has 0 heterocycles. The molecule has 0 saturated heterocycles. The Hall–Kier alpha value is -4.25. The third kappa shape index (κ3) is 12.9. The Kier molecular flexibility index (Phi) is 16.0. The van der Waals surface area contributed by atoms with Crippen LogP contribution < -0.4 is 16.4 Å². The second-order valence-electron chi connectivity index (χ2n) is 10.2. The number of carbonyl (C=O) groups is 3. The first-order valence-corrected chi connectivity index (χ1v) is 15.1. The highest BCUT2D eigenvalue weighted by Crippen LogP contribution is 2.16. The van der Waals surface area contributed by atoms with Gasteiger partial charge in [-0.05, 0) is 75.1 Å². The van der Waals surface area contributed by atoms with Crippen molar-refractivity contribution < 1.29 is 28.6 Å². The van der Waals surface area contributed by atoms with E-state index in [2.05, 4.69) is 10.6 Å². The van der Waals surface area contributed by atoms with Gasteiger partial charge in [0.25, 0.3) is 0 Å². The van der Waals surface area contributed by atoms with Crippen LogP contribution in [0.5, 0.6) is 0 Å². The van der Waals surface area contributed by atoms with Crippen molar-refractivity contribution in [1.29, 1.82) is 0 Å². The van der Waals surface area contributed by atoms with Gasteiger partial charge in [-0.1, -0.05) is 91.0 Å². The van der Waals surface area contributed by atoms with E-state index >= 15 is 0 Å². The van der Waals surface area contributed by atoms with Crippen LogP contribution in [0.3, 0.4) is 0 Å². The van der Waals surface area contributed by atoms with Crippen molar-refractivity contribution in [2.24, 2.45) is 5.73 Å². The summed E-state index contributed by atoms with van der Waals surface area (Å²) in [7, 11) is 0. The predicted octanol–water partition coefficient (Wildman–Crippen LogP) is 4.77. The van der Waals surface area contributed by atoms with Crippen LogP contribution in [-0.4, -0.2) is 61.8 Å². The molecule has 3 aromatic rings. The van der Waals surface area contributed by atoms with Gasteiger partial charge < -0.3 is 30.6 Å². The molecule has 1 unspecified atom stereocenters. The number of rotatable bonds is 19. The SMILES string of the molecule is NCCCNCCCCNCCC(C(=O)OCc1ccccc1)N(C(=O)OCc1ccccc1)C(=O)OCc1ccccc1. The number of benzene rings is 3. The molecule has 1 atom stereocenters. The molecule has 44 heavy (non-hydrogen) atoms. The number of nitrogens with zero attached hydrogens (tertiary/aromatic N) is 1. The Labute approximate surface area is 259 Å². The molecular formula is C34H44N4O6. The van der Waals surface area contributed by atoms with Crippen molar-refractivity contribution in [3.05, 3.63) is 108 Å². The van der Waals surface area contributed by atoms with Gasteiger partial charge in [0.05, 0.1) is 0 Å². The number of hydrogen-bond donors (Lipinski definition) is 3. The van der Waals surface area contributed by atoms with Gasteiger partial charge in [-0.2, -0.15) is 4.90 Å². The number of esters is 1. The van der Waals surface area contributed by atoms with E-state index in [1.54, 1.807) is 24.3 Å². The van der Waals surface area contributed by atoms with Crippen molar-refractivity contribution >= 4 is 18.2 Å². The smallest absolute Gasteiger partial charge is 0.420 e. The molecule has 0 spiro atoms. The molecule has 0 radical (unpaired) electrons. The maximum Gasteiger partial charge on any atom is 0.420 e. The molecule has 10 nitrogen and oxygen atoms in total. The highest BCUT2D eigenvalue weighted by Gasteiger charge is 2.38. The molecule has 2 amide bonds. The Bertz CT molecular complexity index is 1170. The zero-order chi connectivity index (χ0) is 31.2. The van der Waals surface area contributed by atoms with Crippen LogP contribution >= 0.6 is 0 Å². The van der Waals surface area contributed by atoms with Crippen molar-refractivity contribution in [3.63, 3.8) is 0 Å². The number of hydrogen-bond acceptors (Lipinski definition) is 9. The van der Waals surface area contributed by atoms with Crippen LogP contribution in [0.25, 0.3) is 0 Å². The van der Waals surface area contributed by atoms with Crippen LogP contribution in [-0.2, 0) is 38.8 Å². The van der Waals surface area contributed by atoms with Gasteiger partial charge in [0.2, 0.25) is 0 Å². The minimum atomic E-state index is -1.27. The predicted molar refractivity (Wildman–Crippen MR) is 168 cm³/mol. The lowest BCUT2D eigenvalue weighted by Crippen LogP contribution is -2.50. The Balaban J connectivity index is 1.69. The topological polar surface area (TPSA) is 132 Å². The number of nitrogens with one attached hydrogen (secondary N) is 2. The first kappa shape index (κ1) is 34.2. The first-order valence-electron chi connectivity index (χ1n) is 15.1. The van der Waals surface area contributed by atoms with Crippen molar-refractivity contribution in [3.8, 4) is 0 Å². The van der Waals surface area contributed by atoms with E-state index in [9.17, 15) is 14.4 Å². The largest absolute Gasteiger partial charge is 0.459 e. The first-order chi connectivity index (χ1) is 21.6. The van der Waals surface area contributed by atoms with E-state index in [-0.39, 0.29) is 26.2 Å². The standard InChI is InChI=1S/C34H44N4O6/c35-20-12-23-36-21-10-11-22-37-24-19-31(32(39)42-25-28-13-4-1-5-14-28)38(33(40)43-26-29-15-6-2-7-16-29)34(41)44-27-30-17-8-3-9-18-30/h1-9,13-18,31,36-37H,10-12,19-27,35H2. The van der Waals surface area contributed by atoms with Crippen molar-refractivity contribution in [1.82, 2.24) is 15.5 Å². The molecule has 3 rings (SSSR count). The third-order valence-electron chi connectivity index (χ3n) is 6.72. The van der Waals surface area contributed by atoms with Crippen molar-refractivity contribution in [2.45, 2.75) is 51.5 Å². The summed E-state index contributed by atoms with van der Waals surface area (Å²) in [5.74, 6) is -0.729. The molecule has 10 heteroatoms. The summed E-state index contributed by atoms with van der Waals surface area (Å²) in [5.41, 5.74) is 7.77. The molecule has 0 aliphatic carbocycles. The lowest BCUT2D eigenvalue weighted by atomic mass is 10.1. The Morgan fingerprint density at radius 3 is 1.45 bits per heavy atom. The van der Waals surface area contributed by atoms with Gasteiger partial charge >= 0.3 is 18.2 Å². The molecule has 236 valence electrons. The monoisotopic (exact) mass is 604 g/mol. The lowest BCUT2D eigenvalue weighted by molar-refractivity contribution is -0.150. The number of amides is 2. The second kappa shape index (κ2) is 20.6. The summed E-state index contributed by atoms with van der Waals surface area (Å²) in [6, 6.07) is 26.1. The fourth-order valence-corrected chi connectivity index (χ4v) is 4.30. The van der Waals surface area contributed by atoms with E-state index < -0.39 is 24.2 Å². The van der Waals surface area contributed by atoms with Crippen LogP contribution in [0.1, 0.15) is 42.4 Å². The van der Waals surface area contributed by atoms with Gasteiger partial charge in [-0.3, -0.25) is 0 Å². The van der Waals surface area contributed by atoms with Crippen LogP contribution in [0.4, 0.5) is 9.59 Å². The van der Waals surface area contributed by atoms with Gasteiger partial charge in [-0.25, -0.2) is 14.4 Å². The maximum atomic E-state index is 13.5. The van der Waals surface area contributed by atoms with E-state index in [0.717, 1.165) is 53.9 Å². The third-order valence-corrected chi connectivity index (χ3v) is 6.72. The Morgan fingerprint density at radius 2 is 1.00 bits per heavy atom.